The first-order chi connectivity index (χ1) is 15.5. The number of para-hydroxylation sites is 1. The number of nitro groups is 1. The van der Waals surface area contributed by atoms with Gasteiger partial charge in [0, 0.05) is 31.9 Å². The molecule has 0 aliphatic carbocycles. The molecule has 166 valence electrons. The molecule has 0 radical (unpaired) electrons. The quantitative estimate of drug-likeness (QED) is 0.385. The van der Waals surface area contributed by atoms with Crippen molar-refractivity contribution in [3.8, 4) is 11.5 Å². The molecule has 0 spiro atoms. The fourth-order valence-electron chi connectivity index (χ4n) is 3.63. The molecule has 10 heteroatoms. The number of ether oxygens (including phenoxy) is 2. The van der Waals surface area contributed by atoms with E-state index in [9.17, 15) is 14.9 Å². The number of carbonyl (C=O) groups excluding carboxylic acids is 1. The van der Waals surface area contributed by atoms with Crippen molar-refractivity contribution in [1.29, 1.82) is 0 Å². The molecule has 1 amide bonds. The Morgan fingerprint density at radius 1 is 1.03 bits per heavy atom. The van der Waals surface area contributed by atoms with Gasteiger partial charge in [0.25, 0.3) is 11.6 Å². The highest BCUT2D eigenvalue weighted by atomic mass is 32.2. The van der Waals surface area contributed by atoms with Crippen molar-refractivity contribution in [2.75, 3.05) is 45.3 Å². The zero-order valence-electron chi connectivity index (χ0n) is 17.7. The molecule has 1 fully saturated rings. The van der Waals surface area contributed by atoms with Crippen LogP contribution in [0.3, 0.4) is 0 Å². The third-order valence-corrected chi connectivity index (χ3v) is 6.34. The van der Waals surface area contributed by atoms with Gasteiger partial charge in [-0.25, -0.2) is 0 Å². The second kappa shape index (κ2) is 9.31. The highest BCUT2D eigenvalue weighted by Crippen LogP contribution is 2.38. The van der Waals surface area contributed by atoms with Gasteiger partial charge >= 0.3 is 0 Å². The maximum absolute atomic E-state index is 12.5. The monoisotopic (exact) mass is 454 g/mol. The predicted octanol–water partition coefficient (Wildman–Crippen LogP) is 3.40. The molecule has 9 nitrogen and oxygen atoms in total. The zero-order valence-corrected chi connectivity index (χ0v) is 18.5. The number of amidine groups is 1. The number of hydrogen-bond donors (Lipinski definition) is 0. The minimum Gasteiger partial charge on any atom is -0.493 e. The Morgan fingerprint density at radius 3 is 2.28 bits per heavy atom. The number of carbonyl (C=O) groups is 1. The van der Waals surface area contributed by atoms with Crippen molar-refractivity contribution >= 4 is 40.3 Å². The number of anilines is 1. The van der Waals surface area contributed by atoms with E-state index in [1.54, 1.807) is 0 Å². The molecule has 32 heavy (non-hydrogen) atoms. The van der Waals surface area contributed by atoms with E-state index in [0.29, 0.717) is 15.8 Å². The molecule has 0 aromatic heterocycles. The lowest BCUT2D eigenvalue weighted by Crippen LogP contribution is -2.47. The molecular formula is C22H22N4O5S. The van der Waals surface area contributed by atoms with E-state index in [4.69, 9.17) is 9.47 Å². The summed E-state index contributed by atoms with van der Waals surface area (Å²) in [4.78, 5) is 32.5. The number of nitrogens with zero attached hydrogens (tertiary/aromatic N) is 4. The van der Waals surface area contributed by atoms with Crippen LogP contribution in [-0.4, -0.2) is 61.3 Å². The summed E-state index contributed by atoms with van der Waals surface area (Å²) < 4.78 is 10.4. The average Bonchev–Trinajstić information content (AvgIpc) is 3.19. The summed E-state index contributed by atoms with van der Waals surface area (Å²) in [6, 6.07) is 13.0. The molecule has 2 aromatic carbocycles. The van der Waals surface area contributed by atoms with E-state index in [0.717, 1.165) is 26.2 Å². The van der Waals surface area contributed by atoms with E-state index in [-0.39, 0.29) is 17.0 Å². The lowest BCUT2D eigenvalue weighted by molar-refractivity contribution is -0.385. The first-order valence-corrected chi connectivity index (χ1v) is 10.8. The third-order valence-electron chi connectivity index (χ3n) is 5.30. The van der Waals surface area contributed by atoms with Crippen LogP contribution in [0.5, 0.6) is 11.5 Å². The lowest BCUT2D eigenvalue weighted by atomic mass is 10.1. The number of thioether (sulfide) groups is 1. The first kappa shape index (κ1) is 21.7. The number of methoxy groups -OCH3 is 2. The minimum atomic E-state index is -0.511. The van der Waals surface area contributed by atoms with E-state index in [1.165, 1.54) is 49.9 Å². The number of rotatable bonds is 5. The fourth-order valence-corrected chi connectivity index (χ4v) is 4.58. The van der Waals surface area contributed by atoms with Crippen LogP contribution >= 0.6 is 11.8 Å². The Morgan fingerprint density at radius 2 is 1.66 bits per heavy atom. The summed E-state index contributed by atoms with van der Waals surface area (Å²) in [5.74, 6) is 0.193. The van der Waals surface area contributed by atoms with Gasteiger partial charge in [-0.3, -0.25) is 14.9 Å². The van der Waals surface area contributed by atoms with Crippen molar-refractivity contribution in [1.82, 2.24) is 4.90 Å². The smallest absolute Gasteiger partial charge is 0.286 e. The summed E-state index contributed by atoms with van der Waals surface area (Å²) in [6.07, 6.45) is 1.49. The highest BCUT2D eigenvalue weighted by molar-refractivity contribution is 8.18. The molecule has 2 aliphatic rings. The number of nitro benzene ring substituents is 1. The number of amides is 1. The summed E-state index contributed by atoms with van der Waals surface area (Å²) >= 11 is 1.24. The Bertz CT molecular complexity index is 1100. The molecule has 2 heterocycles. The number of benzene rings is 2. The lowest BCUT2D eigenvalue weighted by Gasteiger charge is -2.36. The Labute approximate surface area is 189 Å². The molecule has 2 aliphatic heterocycles. The average molecular weight is 455 g/mol. The van der Waals surface area contributed by atoms with Gasteiger partial charge in [0.15, 0.2) is 16.7 Å². The van der Waals surface area contributed by atoms with Gasteiger partial charge in [0.2, 0.25) is 0 Å². The first-order valence-electron chi connectivity index (χ1n) is 9.98. The van der Waals surface area contributed by atoms with Gasteiger partial charge < -0.3 is 19.3 Å². The van der Waals surface area contributed by atoms with Crippen molar-refractivity contribution < 1.29 is 19.2 Å². The maximum atomic E-state index is 12.5. The van der Waals surface area contributed by atoms with Crippen molar-refractivity contribution in [3.05, 3.63) is 63.0 Å². The summed E-state index contributed by atoms with van der Waals surface area (Å²) in [5.41, 5.74) is 1.26. The molecule has 1 saturated heterocycles. The molecule has 2 aromatic rings. The van der Waals surface area contributed by atoms with Gasteiger partial charge in [-0.1, -0.05) is 18.2 Å². The zero-order chi connectivity index (χ0) is 22.7. The van der Waals surface area contributed by atoms with E-state index >= 15 is 0 Å². The van der Waals surface area contributed by atoms with Crippen LogP contribution in [0.25, 0.3) is 6.08 Å². The molecule has 0 saturated carbocycles. The summed E-state index contributed by atoms with van der Waals surface area (Å²) in [7, 11) is 2.86. The molecule has 0 N–H and O–H groups in total. The van der Waals surface area contributed by atoms with Crippen LogP contribution in [0.2, 0.25) is 0 Å². The molecule has 0 unspecified atom stereocenters. The van der Waals surface area contributed by atoms with Crippen LogP contribution in [0.4, 0.5) is 11.4 Å². The normalized spacial score (nSPS) is 17.5. The number of piperazine rings is 1. The van der Waals surface area contributed by atoms with Crippen molar-refractivity contribution in [2.45, 2.75) is 0 Å². The second-order valence-corrected chi connectivity index (χ2v) is 8.15. The van der Waals surface area contributed by atoms with E-state index in [2.05, 4.69) is 26.9 Å². The molecular weight excluding hydrogens is 432 g/mol. The Kier molecular flexibility index (Phi) is 6.31. The van der Waals surface area contributed by atoms with E-state index in [1.807, 2.05) is 18.2 Å². The van der Waals surface area contributed by atoms with Gasteiger partial charge in [0.05, 0.1) is 35.7 Å². The maximum Gasteiger partial charge on any atom is 0.286 e. The second-order valence-electron chi connectivity index (χ2n) is 7.14. The Balaban J connectivity index is 1.50. The minimum absolute atomic E-state index is 0.173. The van der Waals surface area contributed by atoms with E-state index < -0.39 is 10.8 Å². The van der Waals surface area contributed by atoms with Crippen LogP contribution in [-0.2, 0) is 4.79 Å². The van der Waals surface area contributed by atoms with Gasteiger partial charge in [0.1, 0.15) is 0 Å². The largest absolute Gasteiger partial charge is 0.493 e. The summed E-state index contributed by atoms with van der Waals surface area (Å²) in [5, 5.41) is 12.2. The topological polar surface area (TPSA) is 97.5 Å². The van der Waals surface area contributed by atoms with Crippen LogP contribution in [0.15, 0.2) is 52.4 Å². The van der Waals surface area contributed by atoms with Gasteiger partial charge in [-0.15, -0.1) is 0 Å². The number of hydrogen-bond acceptors (Lipinski definition) is 8. The standard InChI is InChI=1S/C22H22N4O5S/c1-30-18-12-15(17(26(28)29)14-19(18)31-2)13-20-21(27)23-22(32-20)25-10-8-24(9-11-25)16-6-4-3-5-7-16/h3-7,12-14H,8-11H2,1-2H3/b20-13+. The molecule has 0 bridgehead atoms. The summed E-state index contributed by atoms with van der Waals surface area (Å²) in [6.45, 7) is 3.10. The van der Waals surface area contributed by atoms with Crippen LogP contribution in [0, 0.1) is 10.1 Å². The Hall–Kier alpha value is -3.53. The van der Waals surface area contributed by atoms with Gasteiger partial charge in [-0.2, -0.15) is 4.99 Å². The fraction of sp³-hybridized carbons (Fsp3) is 0.273. The molecule has 0 atom stereocenters. The van der Waals surface area contributed by atoms with Crippen molar-refractivity contribution in [2.24, 2.45) is 4.99 Å². The van der Waals surface area contributed by atoms with Crippen LogP contribution in [0.1, 0.15) is 5.56 Å². The predicted molar refractivity (Wildman–Crippen MR) is 124 cm³/mol. The number of aliphatic imine (C=N–C) groups is 1. The third kappa shape index (κ3) is 4.40. The van der Waals surface area contributed by atoms with Crippen molar-refractivity contribution in [3.63, 3.8) is 0 Å². The van der Waals surface area contributed by atoms with Crippen LogP contribution < -0.4 is 14.4 Å². The molecule has 4 rings (SSSR count). The van der Waals surface area contributed by atoms with Gasteiger partial charge in [-0.05, 0) is 36.0 Å². The SMILES string of the molecule is COc1cc(/C=C2/SC(N3CCN(c4ccccc4)CC3)=NC2=O)c([N+](=O)[O-])cc1OC. The highest BCUT2D eigenvalue weighted by Gasteiger charge is 2.29.